The predicted octanol–water partition coefficient (Wildman–Crippen LogP) is 17.5. The van der Waals surface area contributed by atoms with Crippen molar-refractivity contribution < 1.29 is 15.0 Å². The number of carbonyl (C=O) groups is 1. The zero-order valence-electron chi connectivity index (χ0n) is 40.3. The van der Waals surface area contributed by atoms with Crippen molar-refractivity contribution in [1.82, 2.24) is 5.32 Å². The normalized spacial score (nSPS) is 12.9. The summed E-state index contributed by atoms with van der Waals surface area (Å²) in [6.45, 7) is 4.33. The maximum Gasteiger partial charge on any atom is 0.220 e. The molecule has 0 spiro atoms. The van der Waals surface area contributed by atoms with Gasteiger partial charge in [0.2, 0.25) is 5.91 Å². The van der Waals surface area contributed by atoms with Crippen molar-refractivity contribution in [3.05, 3.63) is 24.3 Å². The Balaban J connectivity index is 3.48. The van der Waals surface area contributed by atoms with Crippen molar-refractivity contribution in [2.75, 3.05) is 6.61 Å². The third kappa shape index (κ3) is 47.8. The number of nitrogens with one attached hydrogen (secondary N) is 1. The molecule has 4 heteroatoms. The van der Waals surface area contributed by atoms with Gasteiger partial charge in [0, 0.05) is 6.42 Å². The molecular formula is C55H107NO3. The lowest BCUT2D eigenvalue weighted by Crippen LogP contribution is -2.45. The van der Waals surface area contributed by atoms with E-state index >= 15 is 0 Å². The van der Waals surface area contributed by atoms with Crippen LogP contribution in [0.4, 0.5) is 0 Å². The van der Waals surface area contributed by atoms with Crippen LogP contribution in [0.25, 0.3) is 0 Å². The highest BCUT2D eigenvalue weighted by molar-refractivity contribution is 5.76. The number of hydrogen-bond acceptors (Lipinski definition) is 3. The molecule has 0 rings (SSSR count). The lowest BCUT2D eigenvalue weighted by molar-refractivity contribution is -0.123. The van der Waals surface area contributed by atoms with Gasteiger partial charge in [-0.25, -0.2) is 0 Å². The summed E-state index contributed by atoms with van der Waals surface area (Å²) in [4.78, 5) is 12.4. The number of unbranched alkanes of at least 4 members (excludes halogenated alkanes) is 41. The van der Waals surface area contributed by atoms with E-state index in [1.54, 1.807) is 6.08 Å². The molecule has 350 valence electrons. The Labute approximate surface area is 370 Å². The predicted molar refractivity (Wildman–Crippen MR) is 262 cm³/mol. The molecule has 0 aliphatic heterocycles. The van der Waals surface area contributed by atoms with Crippen LogP contribution in [0.15, 0.2) is 24.3 Å². The molecule has 4 nitrogen and oxygen atoms in total. The Bertz CT molecular complexity index is 855. The van der Waals surface area contributed by atoms with Crippen molar-refractivity contribution in [3.8, 4) is 0 Å². The monoisotopic (exact) mass is 830 g/mol. The summed E-state index contributed by atoms with van der Waals surface area (Å²) in [6, 6.07) is -0.635. The van der Waals surface area contributed by atoms with Gasteiger partial charge in [-0.15, -0.1) is 0 Å². The van der Waals surface area contributed by atoms with Crippen molar-refractivity contribution in [3.63, 3.8) is 0 Å². The largest absolute Gasteiger partial charge is 0.394 e. The van der Waals surface area contributed by atoms with Gasteiger partial charge in [-0.2, -0.15) is 0 Å². The van der Waals surface area contributed by atoms with Crippen molar-refractivity contribution in [1.29, 1.82) is 0 Å². The second-order valence-electron chi connectivity index (χ2n) is 18.7. The average molecular weight is 830 g/mol. The molecule has 0 radical (unpaired) electrons. The maximum atomic E-state index is 12.4. The molecule has 1 amide bonds. The van der Waals surface area contributed by atoms with Gasteiger partial charge in [0.1, 0.15) is 0 Å². The molecular weight excluding hydrogens is 723 g/mol. The number of allylic oxidation sites excluding steroid dienone is 3. The number of aliphatic hydroxyl groups is 2. The standard InChI is InChI=1S/C55H107NO3/c1-3-5-7-9-11-13-15-17-19-21-22-23-24-25-26-27-28-29-30-31-32-33-34-35-36-38-40-42-44-46-48-50-54(58)53(52-57)56-55(59)51-49-47-45-43-41-39-37-20-18-16-14-12-10-8-6-4-2/h40,42,48,50,53-54,57-58H,3-39,41,43-47,49,51-52H2,1-2H3,(H,56,59)/b42-40+,50-48+. The van der Waals surface area contributed by atoms with Gasteiger partial charge in [0.25, 0.3) is 0 Å². The molecule has 3 N–H and O–H groups in total. The van der Waals surface area contributed by atoms with E-state index in [0.29, 0.717) is 6.42 Å². The third-order valence-corrected chi connectivity index (χ3v) is 12.7. The average Bonchev–Trinajstić information content (AvgIpc) is 3.24. The van der Waals surface area contributed by atoms with Gasteiger partial charge in [-0.1, -0.05) is 289 Å². The Morgan fingerprint density at radius 1 is 0.390 bits per heavy atom. The van der Waals surface area contributed by atoms with Crippen LogP contribution in [-0.4, -0.2) is 34.9 Å². The van der Waals surface area contributed by atoms with E-state index in [4.69, 9.17) is 0 Å². The van der Waals surface area contributed by atoms with Crippen LogP contribution >= 0.6 is 0 Å². The van der Waals surface area contributed by atoms with Crippen molar-refractivity contribution in [2.45, 2.75) is 315 Å². The highest BCUT2D eigenvalue weighted by Crippen LogP contribution is 2.17. The summed E-state index contributed by atoms with van der Waals surface area (Å²) < 4.78 is 0. The van der Waals surface area contributed by atoms with E-state index < -0.39 is 12.1 Å². The number of amides is 1. The first-order valence-electron chi connectivity index (χ1n) is 27.1. The zero-order chi connectivity index (χ0) is 42.8. The summed E-state index contributed by atoms with van der Waals surface area (Å²) >= 11 is 0. The maximum absolute atomic E-state index is 12.4. The first kappa shape index (κ1) is 57.9. The fourth-order valence-corrected chi connectivity index (χ4v) is 8.55. The molecule has 0 fully saturated rings. The second-order valence-corrected chi connectivity index (χ2v) is 18.7. The summed E-state index contributed by atoms with van der Waals surface area (Å²) in [5.41, 5.74) is 0. The Hall–Kier alpha value is -1.13. The quantitative estimate of drug-likeness (QED) is 0.0422. The minimum atomic E-state index is -0.859. The molecule has 0 aromatic heterocycles. The lowest BCUT2D eigenvalue weighted by Gasteiger charge is -2.19. The summed E-state index contributed by atoms with van der Waals surface area (Å²) in [7, 11) is 0. The molecule has 0 saturated heterocycles. The number of hydrogen-bond donors (Lipinski definition) is 3. The fraction of sp³-hybridized carbons (Fsp3) is 0.909. The van der Waals surface area contributed by atoms with E-state index in [1.807, 2.05) is 6.08 Å². The molecule has 2 unspecified atom stereocenters. The van der Waals surface area contributed by atoms with Gasteiger partial charge in [-0.05, 0) is 32.1 Å². The van der Waals surface area contributed by atoms with Crippen LogP contribution in [0.1, 0.15) is 303 Å². The van der Waals surface area contributed by atoms with Gasteiger partial charge >= 0.3 is 0 Å². The van der Waals surface area contributed by atoms with Crippen LogP contribution in [0, 0.1) is 0 Å². The van der Waals surface area contributed by atoms with Crippen molar-refractivity contribution >= 4 is 5.91 Å². The molecule has 0 aliphatic carbocycles. The van der Waals surface area contributed by atoms with E-state index in [2.05, 4.69) is 31.3 Å². The first-order valence-corrected chi connectivity index (χ1v) is 27.1. The summed E-state index contributed by atoms with van der Waals surface area (Å²) in [5, 5.41) is 23.1. The second kappa shape index (κ2) is 51.2. The minimum absolute atomic E-state index is 0.0688. The molecule has 0 aromatic rings. The Kier molecular flexibility index (Phi) is 50.2. The fourth-order valence-electron chi connectivity index (χ4n) is 8.55. The van der Waals surface area contributed by atoms with Gasteiger partial charge in [-0.3, -0.25) is 4.79 Å². The molecule has 59 heavy (non-hydrogen) atoms. The molecule has 0 saturated carbocycles. The molecule has 0 heterocycles. The first-order chi connectivity index (χ1) is 29.2. The van der Waals surface area contributed by atoms with E-state index in [0.717, 1.165) is 32.1 Å². The van der Waals surface area contributed by atoms with Gasteiger partial charge in [0.05, 0.1) is 18.8 Å². The molecule has 0 aliphatic rings. The Morgan fingerprint density at radius 2 is 0.661 bits per heavy atom. The SMILES string of the molecule is CCCCCCCCCCCCCCCCCCCCCCCCCCC/C=C/CC/C=C/C(O)C(CO)NC(=O)CCCCCCCCCCCCCCCCCC. The van der Waals surface area contributed by atoms with E-state index in [-0.39, 0.29) is 12.5 Å². The highest BCUT2D eigenvalue weighted by atomic mass is 16.3. The highest BCUT2D eigenvalue weighted by Gasteiger charge is 2.18. The lowest BCUT2D eigenvalue weighted by atomic mass is 10.0. The minimum Gasteiger partial charge on any atom is -0.394 e. The molecule has 0 aromatic carbocycles. The van der Waals surface area contributed by atoms with Crippen molar-refractivity contribution in [2.24, 2.45) is 0 Å². The van der Waals surface area contributed by atoms with Crippen LogP contribution in [-0.2, 0) is 4.79 Å². The van der Waals surface area contributed by atoms with Crippen LogP contribution < -0.4 is 5.32 Å². The topological polar surface area (TPSA) is 69.6 Å². The smallest absolute Gasteiger partial charge is 0.220 e. The summed E-state index contributed by atoms with van der Waals surface area (Å²) in [6.07, 6.45) is 67.7. The van der Waals surface area contributed by atoms with E-state index in [1.165, 1.54) is 250 Å². The number of aliphatic hydroxyl groups excluding tert-OH is 2. The third-order valence-electron chi connectivity index (χ3n) is 12.7. The number of rotatable bonds is 50. The Morgan fingerprint density at radius 3 is 0.983 bits per heavy atom. The zero-order valence-corrected chi connectivity index (χ0v) is 40.3. The molecule has 0 bridgehead atoms. The van der Waals surface area contributed by atoms with Crippen LogP contribution in [0.2, 0.25) is 0 Å². The van der Waals surface area contributed by atoms with E-state index in [9.17, 15) is 15.0 Å². The van der Waals surface area contributed by atoms with Gasteiger partial charge < -0.3 is 15.5 Å². The van der Waals surface area contributed by atoms with Crippen LogP contribution in [0.3, 0.4) is 0 Å². The van der Waals surface area contributed by atoms with Crippen LogP contribution in [0.5, 0.6) is 0 Å². The summed E-state index contributed by atoms with van der Waals surface area (Å²) in [5.74, 6) is -0.0688. The van der Waals surface area contributed by atoms with Gasteiger partial charge in [0.15, 0.2) is 0 Å². The molecule has 2 atom stereocenters. The number of carbonyl (C=O) groups excluding carboxylic acids is 1.